The molecular formula is C17H11N5O4. The Bertz CT molecular complexity index is 980. The molecule has 0 aliphatic carbocycles. The lowest BCUT2D eigenvalue weighted by atomic mass is 10.1. The summed E-state index contributed by atoms with van der Waals surface area (Å²) in [6.45, 7) is 0. The van der Waals surface area contributed by atoms with E-state index in [0.717, 1.165) is 4.90 Å². The molecule has 0 saturated heterocycles. The van der Waals surface area contributed by atoms with E-state index >= 15 is 0 Å². The fourth-order valence-corrected chi connectivity index (χ4v) is 2.58. The molecular weight excluding hydrogens is 338 g/mol. The smallest absolute Gasteiger partial charge is 0.308 e. The molecule has 0 radical (unpaired) electrons. The van der Waals surface area contributed by atoms with E-state index in [1.807, 2.05) is 6.07 Å². The molecule has 2 aromatic carbocycles. The van der Waals surface area contributed by atoms with Crippen LogP contribution < -0.4 is 15.5 Å². The van der Waals surface area contributed by atoms with Gasteiger partial charge in [-0.1, -0.05) is 30.3 Å². The number of benzene rings is 2. The van der Waals surface area contributed by atoms with Crippen LogP contribution in [0.15, 0.2) is 59.2 Å². The Morgan fingerprint density at radius 1 is 0.846 bits per heavy atom. The van der Waals surface area contributed by atoms with Gasteiger partial charge in [-0.3, -0.25) is 14.9 Å². The van der Waals surface area contributed by atoms with Gasteiger partial charge < -0.3 is 5.32 Å². The number of hydrogen-bond acceptors (Lipinski definition) is 6. The van der Waals surface area contributed by atoms with Crippen molar-refractivity contribution < 1.29 is 19.0 Å². The molecule has 2 N–H and O–H groups in total. The average Bonchev–Trinajstić information content (AvgIpc) is 3.19. The minimum Gasteiger partial charge on any atom is -0.308 e. The molecule has 0 atom stereocenters. The Labute approximate surface area is 146 Å². The summed E-state index contributed by atoms with van der Waals surface area (Å²) in [6.07, 6.45) is 0. The number of fused-ring (bicyclic) bond motifs is 1. The summed E-state index contributed by atoms with van der Waals surface area (Å²) in [7, 11) is 0. The number of rotatable bonds is 3. The minimum atomic E-state index is -0.621. The van der Waals surface area contributed by atoms with Crippen molar-refractivity contribution in [3.63, 3.8) is 0 Å². The molecule has 0 unspecified atom stereocenters. The van der Waals surface area contributed by atoms with Gasteiger partial charge in [-0.15, -0.1) is 0 Å². The molecule has 4 amide bonds. The van der Waals surface area contributed by atoms with Crippen LogP contribution in [0.3, 0.4) is 0 Å². The van der Waals surface area contributed by atoms with Gasteiger partial charge in [0.25, 0.3) is 11.8 Å². The van der Waals surface area contributed by atoms with E-state index in [4.69, 9.17) is 0 Å². The minimum absolute atomic E-state index is 0.145. The molecule has 9 nitrogen and oxygen atoms in total. The number of anilines is 3. The first-order chi connectivity index (χ1) is 12.6. The van der Waals surface area contributed by atoms with Crippen LogP contribution in [0.2, 0.25) is 0 Å². The monoisotopic (exact) mass is 349 g/mol. The van der Waals surface area contributed by atoms with Crippen molar-refractivity contribution in [3.8, 4) is 0 Å². The summed E-state index contributed by atoms with van der Waals surface area (Å²) in [6, 6.07) is 14.5. The van der Waals surface area contributed by atoms with Gasteiger partial charge in [-0.05, 0) is 34.6 Å². The quantitative estimate of drug-likeness (QED) is 0.702. The Hall–Kier alpha value is -4.01. The Morgan fingerprint density at radius 3 is 2.12 bits per heavy atom. The highest BCUT2D eigenvalue weighted by Crippen LogP contribution is 2.30. The van der Waals surface area contributed by atoms with E-state index in [2.05, 4.69) is 25.6 Å². The topological polar surface area (TPSA) is 117 Å². The Balaban J connectivity index is 1.57. The van der Waals surface area contributed by atoms with Crippen molar-refractivity contribution in [1.82, 2.24) is 10.3 Å². The van der Waals surface area contributed by atoms with Crippen LogP contribution in [0.4, 0.5) is 22.1 Å². The highest BCUT2D eigenvalue weighted by molar-refractivity contribution is 6.34. The molecule has 26 heavy (non-hydrogen) atoms. The normalized spacial score (nSPS) is 12.8. The zero-order chi connectivity index (χ0) is 18.1. The van der Waals surface area contributed by atoms with Crippen molar-refractivity contribution in [2.75, 3.05) is 15.5 Å². The molecule has 9 heteroatoms. The molecule has 1 aromatic heterocycles. The van der Waals surface area contributed by atoms with Crippen LogP contribution in [-0.4, -0.2) is 28.2 Å². The van der Waals surface area contributed by atoms with Gasteiger partial charge in [0.05, 0.1) is 11.1 Å². The third-order valence-corrected chi connectivity index (χ3v) is 3.74. The predicted octanol–water partition coefficient (Wildman–Crippen LogP) is 2.51. The molecule has 0 fully saturated rings. The van der Waals surface area contributed by atoms with Crippen molar-refractivity contribution in [1.29, 1.82) is 0 Å². The number of nitrogens with one attached hydrogen (secondary N) is 2. The lowest BCUT2D eigenvalue weighted by Gasteiger charge is -2.11. The van der Waals surface area contributed by atoms with Gasteiger partial charge in [-0.2, -0.15) is 0 Å². The fraction of sp³-hybridized carbons (Fsp3) is 0. The third kappa shape index (κ3) is 2.57. The highest BCUT2D eigenvalue weighted by Gasteiger charge is 2.40. The molecule has 0 bridgehead atoms. The highest BCUT2D eigenvalue weighted by atomic mass is 16.6. The number of imide groups is 1. The first kappa shape index (κ1) is 15.5. The largest absolute Gasteiger partial charge is 0.325 e. The number of hydrogen-bond donors (Lipinski definition) is 2. The van der Waals surface area contributed by atoms with Crippen molar-refractivity contribution in [3.05, 3.63) is 65.7 Å². The molecule has 128 valence electrons. The maximum Gasteiger partial charge on any atom is 0.325 e. The molecule has 1 aliphatic rings. The van der Waals surface area contributed by atoms with Crippen LogP contribution in [0, 0.1) is 0 Å². The SMILES string of the molecule is O=C(Nc1ccccc1)Nc1nonc1N1C(=O)c2ccccc2C1=O. The van der Waals surface area contributed by atoms with Gasteiger partial charge in [0.15, 0.2) is 0 Å². The van der Waals surface area contributed by atoms with Crippen LogP contribution in [-0.2, 0) is 0 Å². The predicted molar refractivity (Wildman–Crippen MR) is 91.0 cm³/mol. The van der Waals surface area contributed by atoms with Gasteiger partial charge in [0.1, 0.15) is 0 Å². The first-order valence-electron chi connectivity index (χ1n) is 7.58. The van der Waals surface area contributed by atoms with Crippen molar-refractivity contribution in [2.45, 2.75) is 0 Å². The summed E-state index contributed by atoms with van der Waals surface area (Å²) in [5, 5.41) is 12.2. The summed E-state index contributed by atoms with van der Waals surface area (Å²) >= 11 is 0. The first-order valence-corrected chi connectivity index (χ1v) is 7.58. The molecule has 4 rings (SSSR count). The van der Waals surface area contributed by atoms with Gasteiger partial charge in [-0.25, -0.2) is 14.3 Å². The molecule has 0 spiro atoms. The van der Waals surface area contributed by atoms with Crippen LogP contribution >= 0.6 is 0 Å². The van der Waals surface area contributed by atoms with E-state index in [9.17, 15) is 14.4 Å². The van der Waals surface area contributed by atoms with E-state index < -0.39 is 17.8 Å². The standard InChI is InChI=1S/C17H11N5O4/c23-15-11-8-4-5-9-12(11)16(24)22(15)14-13(20-26-21-14)19-17(25)18-10-6-2-1-3-7-10/h1-9H,(H2,18,19,20,25). The molecule has 3 aromatic rings. The van der Waals surface area contributed by atoms with Gasteiger partial charge >= 0.3 is 6.03 Å². The van der Waals surface area contributed by atoms with E-state index in [1.54, 1.807) is 36.4 Å². The Morgan fingerprint density at radius 2 is 1.46 bits per heavy atom. The number of para-hydroxylation sites is 1. The van der Waals surface area contributed by atoms with Crippen molar-refractivity contribution >= 4 is 35.2 Å². The second kappa shape index (κ2) is 6.13. The average molecular weight is 349 g/mol. The lowest BCUT2D eigenvalue weighted by molar-refractivity contribution is 0.0923. The maximum atomic E-state index is 12.5. The van der Waals surface area contributed by atoms with Gasteiger partial charge in [0, 0.05) is 5.69 Å². The number of urea groups is 1. The zero-order valence-corrected chi connectivity index (χ0v) is 13.2. The second-order valence-corrected chi connectivity index (χ2v) is 5.37. The van der Waals surface area contributed by atoms with Crippen LogP contribution in [0.1, 0.15) is 20.7 Å². The summed E-state index contributed by atoms with van der Waals surface area (Å²) in [4.78, 5) is 37.9. The maximum absolute atomic E-state index is 12.5. The number of nitrogens with zero attached hydrogens (tertiary/aromatic N) is 3. The lowest BCUT2D eigenvalue weighted by Crippen LogP contribution is -2.31. The van der Waals surface area contributed by atoms with E-state index in [1.165, 1.54) is 12.1 Å². The second-order valence-electron chi connectivity index (χ2n) is 5.37. The van der Waals surface area contributed by atoms with E-state index in [0.29, 0.717) is 5.69 Å². The molecule has 1 aliphatic heterocycles. The van der Waals surface area contributed by atoms with Crippen LogP contribution in [0.25, 0.3) is 0 Å². The van der Waals surface area contributed by atoms with Crippen molar-refractivity contribution in [2.24, 2.45) is 0 Å². The fourth-order valence-electron chi connectivity index (χ4n) is 2.58. The Kier molecular flexibility index (Phi) is 3.66. The number of amides is 4. The summed E-state index contributed by atoms with van der Waals surface area (Å²) < 4.78 is 4.62. The summed E-state index contributed by atoms with van der Waals surface area (Å²) in [5.74, 6) is -1.45. The third-order valence-electron chi connectivity index (χ3n) is 3.74. The molecule has 0 saturated carbocycles. The van der Waals surface area contributed by atoms with Gasteiger partial charge in [0.2, 0.25) is 11.6 Å². The van der Waals surface area contributed by atoms with Crippen LogP contribution in [0.5, 0.6) is 0 Å². The summed E-state index contributed by atoms with van der Waals surface area (Å²) in [5.41, 5.74) is 1.06. The zero-order valence-electron chi connectivity index (χ0n) is 13.2. The number of carbonyl (C=O) groups excluding carboxylic acids is 3. The number of carbonyl (C=O) groups is 3. The number of aromatic nitrogens is 2. The van der Waals surface area contributed by atoms with E-state index in [-0.39, 0.29) is 22.8 Å². The molecule has 2 heterocycles.